The number of hydrogen-bond acceptors (Lipinski definition) is 5. The third kappa shape index (κ3) is 4.66. The number of nitrogen functional groups attached to an aromatic ring is 1. The number of rotatable bonds is 4. The summed E-state index contributed by atoms with van der Waals surface area (Å²) < 4.78 is 0. The van der Waals surface area contributed by atoms with E-state index in [9.17, 15) is 14.9 Å². The van der Waals surface area contributed by atoms with Crippen LogP contribution in [0.25, 0.3) is 0 Å². The molecule has 0 aliphatic heterocycles. The zero-order chi connectivity index (χ0) is 20.1. The van der Waals surface area contributed by atoms with E-state index in [-0.39, 0.29) is 5.57 Å². The number of halogens is 1. The number of benzene rings is 2. The molecule has 0 atom stereocenters. The van der Waals surface area contributed by atoms with Gasteiger partial charge in [-0.25, -0.2) is 4.90 Å². The van der Waals surface area contributed by atoms with Gasteiger partial charge in [-0.05, 0) is 55.3 Å². The Bertz CT molecular complexity index is 936. The van der Waals surface area contributed by atoms with Gasteiger partial charge >= 0.3 is 0 Å². The van der Waals surface area contributed by atoms with Gasteiger partial charge in [0.2, 0.25) is 5.91 Å². The largest absolute Gasteiger partial charge is 0.399 e. The van der Waals surface area contributed by atoms with E-state index in [0.29, 0.717) is 22.1 Å². The van der Waals surface area contributed by atoms with Crippen molar-refractivity contribution in [3.8, 4) is 6.07 Å². The lowest BCUT2D eigenvalue weighted by atomic mass is 10.1. The van der Waals surface area contributed by atoms with Gasteiger partial charge in [0, 0.05) is 18.8 Å². The Morgan fingerprint density at radius 1 is 1.22 bits per heavy atom. The second kappa shape index (κ2) is 8.39. The fourth-order valence-electron chi connectivity index (χ4n) is 2.57. The predicted molar refractivity (Wildman–Crippen MR) is 107 cm³/mol. The van der Waals surface area contributed by atoms with Crippen LogP contribution in [-0.2, 0) is 9.59 Å². The maximum Gasteiger partial charge on any atom is 0.277 e. The lowest BCUT2D eigenvalue weighted by Gasteiger charge is -2.19. The van der Waals surface area contributed by atoms with Crippen LogP contribution in [0.1, 0.15) is 18.1 Å². The van der Waals surface area contributed by atoms with Gasteiger partial charge in [-0.3, -0.25) is 9.59 Å². The maximum atomic E-state index is 12.8. The lowest BCUT2D eigenvalue weighted by Crippen LogP contribution is -2.36. The molecule has 0 radical (unpaired) electrons. The summed E-state index contributed by atoms with van der Waals surface area (Å²) >= 11 is 6.23. The van der Waals surface area contributed by atoms with Gasteiger partial charge in [0.25, 0.3) is 5.91 Å². The van der Waals surface area contributed by atoms with Crippen LogP contribution in [0.2, 0.25) is 5.02 Å². The van der Waals surface area contributed by atoms with E-state index in [2.05, 4.69) is 5.32 Å². The molecule has 0 aliphatic rings. The van der Waals surface area contributed by atoms with Crippen molar-refractivity contribution in [1.82, 2.24) is 0 Å². The summed E-state index contributed by atoms with van der Waals surface area (Å²) in [6.45, 7) is 5.02. The lowest BCUT2D eigenvalue weighted by molar-refractivity contribution is -0.123. The molecule has 3 N–H and O–H groups in total. The molecule has 27 heavy (non-hydrogen) atoms. The number of aryl methyl sites for hydroxylation is 2. The molecule has 2 aromatic rings. The summed E-state index contributed by atoms with van der Waals surface area (Å²) in [6.07, 6.45) is 1.25. The van der Waals surface area contributed by atoms with Crippen molar-refractivity contribution >= 4 is 40.5 Å². The second-order valence-corrected chi connectivity index (χ2v) is 6.41. The molecule has 0 heterocycles. The summed E-state index contributed by atoms with van der Waals surface area (Å²) in [5.74, 6) is -1.27. The molecule has 0 aromatic heterocycles. The summed E-state index contributed by atoms with van der Waals surface area (Å²) in [6, 6.07) is 11.7. The van der Waals surface area contributed by atoms with Gasteiger partial charge in [0.15, 0.2) is 0 Å². The third-order valence-corrected chi connectivity index (χ3v) is 4.11. The first-order valence-electron chi connectivity index (χ1n) is 8.08. The van der Waals surface area contributed by atoms with Gasteiger partial charge in [0.1, 0.15) is 11.6 Å². The van der Waals surface area contributed by atoms with Crippen LogP contribution in [0, 0.1) is 25.2 Å². The summed E-state index contributed by atoms with van der Waals surface area (Å²) in [7, 11) is 0. The Kier molecular flexibility index (Phi) is 6.22. The third-order valence-electron chi connectivity index (χ3n) is 3.81. The highest BCUT2D eigenvalue weighted by Crippen LogP contribution is 2.27. The van der Waals surface area contributed by atoms with Crippen LogP contribution < -0.4 is 16.0 Å². The van der Waals surface area contributed by atoms with Crippen molar-refractivity contribution in [2.75, 3.05) is 16.0 Å². The number of imide groups is 1. The Balaban J connectivity index is 2.36. The number of hydrogen-bond donors (Lipinski definition) is 2. The number of nitrogens with zero attached hydrogens (tertiary/aromatic N) is 2. The molecule has 2 amide bonds. The number of carbonyl (C=O) groups excluding carboxylic acids is 2. The summed E-state index contributed by atoms with van der Waals surface area (Å²) in [5, 5.41) is 12.8. The Labute approximate surface area is 162 Å². The molecular weight excluding hydrogens is 364 g/mol. The first-order chi connectivity index (χ1) is 12.7. The summed E-state index contributed by atoms with van der Waals surface area (Å²) in [4.78, 5) is 25.7. The molecule has 2 rings (SSSR count). The van der Waals surface area contributed by atoms with E-state index in [1.54, 1.807) is 18.2 Å². The topological polar surface area (TPSA) is 99.2 Å². The highest BCUT2D eigenvalue weighted by atomic mass is 35.5. The second-order valence-electron chi connectivity index (χ2n) is 6.00. The van der Waals surface area contributed by atoms with Gasteiger partial charge in [-0.1, -0.05) is 17.7 Å². The van der Waals surface area contributed by atoms with Crippen LogP contribution in [0.5, 0.6) is 0 Å². The van der Waals surface area contributed by atoms with Crippen molar-refractivity contribution < 1.29 is 9.59 Å². The fraction of sp³-hybridized carbons (Fsp3) is 0.150. The average molecular weight is 383 g/mol. The van der Waals surface area contributed by atoms with Gasteiger partial charge < -0.3 is 11.1 Å². The number of nitrogens with one attached hydrogen (secondary N) is 1. The molecule has 0 saturated heterocycles. The highest BCUT2D eigenvalue weighted by molar-refractivity contribution is 6.33. The molecule has 6 nitrogen and oxygen atoms in total. The minimum atomic E-state index is -0.747. The number of nitriles is 1. The van der Waals surface area contributed by atoms with Crippen LogP contribution in [0.3, 0.4) is 0 Å². The predicted octanol–water partition coefficient (Wildman–Crippen LogP) is 3.94. The fourth-order valence-corrected chi connectivity index (χ4v) is 2.95. The van der Waals surface area contributed by atoms with Crippen molar-refractivity contribution in [1.29, 1.82) is 5.26 Å². The van der Waals surface area contributed by atoms with Crippen molar-refractivity contribution in [2.24, 2.45) is 0 Å². The van der Waals surface area contributed by atoms with E-state index in [1.807, 2.05) is 26.0 Å². The molecule has 0 spiro atoms. The molecule has 7 heteroatoms. The van der Waals surface area contributed by atoms with Crippen molar-refractivity contribution in [3.63, 3.8) is 0 Å². The van der Waals surface area contributed by atoms with Gasteiger partial charge in [-0.2, -0.15) is 5.26 Å². The van der Waals surface area contributed by atoms with Crippen LogP contribution >= 0.6 is 11.6 Å². The van der Waals surface area contributed by atoms with E-state index < -0.39 is 11.8 Å². The monoisotopic (exact) mass is 382 g/mol. The molecule has 0 saturated carbocycles. The first-order valence-corrected chi connectivity index (χ1v) is 8.46. The maximum absolute atomic E-state index is 12.8. The number of nitrogens with two attached hydrogens (primary N) is 1. The zero-order valence-corrected chi connectivity index (χ0v) is 16.0. The first kappa shape index (κ1) is 20.0. The van der Waals surface area contributed by atoms with Crippen molar-refractivity contribution in [3.05, 3.63) is 64.3 Å². The van der Waals surface area contributed by atoms with Crippen LogP contribution in [-0.4, -0.2) is 11.8 Å². The zero-order valence-electron chi connectivity index (χ0n) is 15.2. The highest BCUT2D eigenvalue weighted by Gasteiger charge is 2.24. The Morgan fingerprint density at radius 2 is 1.85 bits per heavy atom. The molecule has 0 aliphatic carbocycles. The Hall–Kier alpha value is -3.30. The average Bonchev–Trinajstić information content (AvgIpc) is 2.58. The molecule has 2 aromatic carbocycles. The van der Waals surface area contributed by atoms with E-state index >= 15 is 0 Å². The minimum absolute atomic E-state index is 0.238. The molecule has 0 unspecified atom stereocenters. The molecular formula is C20H19ClN4O2. The quantitative estimate of drug-likeness (QED) is 0.474. The van der Waals surface area contributed by atoms with Crippen LogP contribution in [0.4, 0.5) is 17.1 Å². The van der Waals surface area contributed by atoms with E-state index in [1.165, 1.54) is 25.3 Å². The normalized spacial score (nSPS) is 10.9. The van der Waals surface area contributed by atoms with E-state index in [4.69, 9.17) is 17.3 Å². The standard InChI is InChI=1S/C20H19ClN4O2/c1-12-8-13(2)19(18(21)9-12)24-11-15(10-22)20(27)25(14(3)26)17-6-4-16(23)5-7-17/h4-9,11,24H,23H2,1-3H3/b15-11-. The molecule has 0 bridgehead atoms. The Morgan fingerprint density at radius 3 is 2.37 bits per heavy atom. The minimum Gasteiger partial charge on any atom is -0.399 e. The van der Waals surface area contributed by atoms with Crippen molar-refractivity contribution in [2.45, 2.75) is 20.8 Å². The number of anilines is 3. The van der Waals surface area contributed by atoms with Crippen LogP contribution in [0.15, 0.2) is 48.2 Å². The molecule has 138 valence electrons. The SMILES string of the molecule is CC(=O)N(C(=O)/C(C#N)=C\Nc1c(C)cc(C)cc1Cl)c1ccc(N)cc1. The van der Waals surface area contributed by atoms with Gasteiger partial charge in [0.05, 0.1) is 16.4 Å². The summed E-state index contributed by atoms with van der Waals surface area (Å²) in [5.41, 5.74) is 8.67. The number of amides is 2. The number of carbonyl (C=O) groups is 2. The van der Waals surface area contributed by atoms with Gasteiger partial charge in [-0.15, -0.1) is 0 Å². The van der Waals surface area contributed by atoms with E-state index in [0.717, 1.165) is 16.0 Å². The molecule has 0 fully saturated rings. The smallest absolute Gasteiger partial charge is 0.277 e.